The number of hydrogen-bond acceptors (Lipinski definition) is 5. The van der Waals surface area contributed by atoms with Crippen molar-refractivity contribution in [2.75, 3.05) is 13.6 Å². The molecule has 2 aliphatic carbocycles. The molecule has 116 valence electrons. The highest BCUT2D eigenvalue weighted by molar-refractivity contribution is 5.90. The summed E-state index contributed by atoms with van der Waals surface area (Å²) in [6.07, 6.45) is 1.14. The first kappa shape index (κ1) is 11.9. The summed E-state index contributed by atoms with van der Waals surface area (Å²) >= 11 is 0. The fraction of sp³-hybridized carbons (Fsp3) is 0.588. The summed E-state index contributed by atoms with van der Waals surface area (Å²) in [6.45, 7) is 0.766. The van der Waals surface area contributed by atoms with Crippen LogP contribution in [0, 0.1) is 0 Å². The standard InChI is InChI=1S/C17H19NO4/c1-18-7-6-16-13-9-2-3-10(19)14(13)22-15(16)11(20)4-5-17(16,21)12(18)8-9/h2-3,12,15,19,21H,4-8H2,1H3/t12-,15+,16+,17-/m1/s1/i2D. The average molecular weight is 302 g/mol. The Morgan fingerprint density at radius 2 is 2.32 bits per heavy atom. The van der Waals surface area contributed by atoms with Gasteiger partial charge in [-0.05, 0) is 44.5 Å². The molecular weight excluding hydrogens is 282 g/mol. The predicted molar refractivity (Wildman–Crippen MR) is 78.1 cm³/mol. The van der Waals surface area contributed by atoms with Crippen molar-refractivity contribution in [2.24, 2.45) is 0 Å². The molecule has 2 N–H and O–H groups in total. The number of carbonyl (C=O) groups is 1. The molecule has 0 radical (unpaired) electrons. The molecule has 2 fully saturated rings. The zero-order valence-electron chi connectivity index (χ0n) is 13.4. The van der Waals surface area contributed by atoms with Gasteiger partial charge in [-0.1, -0.05) is 6.04 Å². The van der Waals surface area contributed by atoms with Crippen LogP contribution in [0.25, 0.3) is 0 Å². The minimum Gasteiger partial charge on any atom is -0.504 e. The summed E-state index contributed by atoms with van der Waals surface area (Å²) in [5.74, 6) is 0.218. The van der Waals surface area contributed by atoms with Crippen molar-refractivity contribution in [1.82, 2.24) is 4.90 Å². The average Bonchev–Trinajstić information content (AvgIpc) is 2.85. The first-order chi connectivity index (χ1) is 10.9. The molecule has 5 rings (SSSR count). The molecule has 5 heteroatoms. The van der Waals surface area contributed by atoms with Gasteiger partial charge in [-0.25, -0.2) is 0 Å². The van der Waals surface area contributed by atoms with Crippen molar-refractivity contribution < 1.29 is 21.1 Å². The lowest BCUT2D eigenvalue weighted by Crippen LogP contribution is -2.76. The van der Waals surface area contributed by atoms with Crippen molar-refractivity contribution in [3.05, 3.63) is 23.2 Å². The van der Waals surface area contributed by atoms with Gasteiger partial charge in [0.15, 0.2) is 23.4 Å². The number of phenolic OH excluding ortho intramolecular Hbond substituents is 1. The summed E-state index contributed by atoms with van der Waals surface area (Å²) in [7, 11) is 1.99. The van der Waals surface area contributed by atoms with Gasteiger partial charge in [-0.15, -0.1) is 0 Å². The maximum atomic E-state index is 12.6. The summed E-state index contributed by atoms with van der Waals surface area (Å²) < 4.78 is 14.2. The van der Waals surface area contributed by atoms with E-state index in [1.54, 1.807) is 0 Å². The Kier molecular flexibility index (Phi) is 1.98. The number of benzene rings is 1. The molecule has 1 saturated carbocycles. The number of likely N-dealkylation sites (tertiary alicyclic amines) is 1. The minimum absolute atomic E-state index is 0.00652. The van der Waals surface area contributed by atoms with E-state index in [2.05, 4.69) is 4.90 Å². The van der Waals surface area contributed by atoms with E-state index >= 15 is 0 Å². The Balaban J connectivity index is 1.90. The number of aromatic hydroxyl groups is 1. The normalized spacial score (nSPS) is 42.6. The molecule has 0 amide bonds. The number of nitrogens with zero attached hydrogens (tertiary/aromatic N) is 1. The lowest BCUT2D eigenvalue weighted by molar-refractivity contribution is -0.185. The maximum Gasteiger partial charge on any atom is 0.174 e. The number of likely N-dealkylation sites (N-methyl/N-ethyl adjacent to an activating group) is 1. The highest BCUT2D eigenvalue weighted by Crippen LogP contribution is 2.64. The summed E-state index contributed by atoms with van der Waals surface area (Å²) in [4.78, 5) is 14.7. The summed E-state index contributed by atoms with van der Waals surface area (Å²) in [5, 5.41) is 21.9. The van der Waals surface area contributed by atoms with Gasteiger partial charge in [0, 0.05) is 18.0 Å². The van der Waals surface area contributed by atoms with E-state index in [-0.39, 0.29) is 23.6 Å². The van der Waals surface area contributed by atoms with Gasteiger partial charge in [-0.3, -0.25) is 4.79 Å². The van der Waals surface area contributed by atoms with Crippen LogP contribution in [-0.2, 0) is 16.6 Å². The Morgan fingerprint density at radius 3 is 3.14 bits per heavy atom. The van der Waals surface area contributed by atoms with E-state index in [0.717, 1.165) is 17.7 Å². The zero-order valence-corrected chi connectivity index (χ0v) is 12.4. The van der Waals surface area contributed by atoms with E-state index in [4.69, 9.17) is 6.11 Å². The molecule has 4 atom stereocenters. The third-order valence-electron chi connectivity index (χ3n) is 6.43. The monoisotopic (exact) mass is 302 g/mol. The topological polar surface area (TPSA) is 70.0 Å². The molecule has 1 spiro atoms. The molecule has 22 heavy (non-hydrogen) atoms. The van der Waals surface area contributed by atoms with Gasteiger partial charge in [0.05, 0.1) is 12.4 Å². The second-order valence-electron chi connectivity index (χ2n) is 7.17. The van der Waals surface area contributed by atoms with Crippen molar-refractivity contribution in [3.8, 4) is 11.5 Å². The summed E-state index contributed by atoms with van der Waals surface area (Å²) in [5.41, 5.74) is -0.308. The number of hydrogen-bond donors (Lipinski definition) is 2. The molecule has 5 nitrogen and oxygen atoms in total. The van der Waals surface area contributed by atoms with Crippen molar-refractivity contribution in [1.29, 1.82) is 0 Å². The van der Waals surface area contributed by atoms with Crippen LogP contribution in [0.4, 0.5) is 0 Å². The van der Waals surface area contributed by atoms with Crippen molar-refractivity contribution in [2.45, 2.75) is 48.8 Å². The van der Waals surface area contributed by atoms with Crippen LogP contribution in [0.1, 0.15) is 31.8 Å². The first-order valence-electron chi connectivity index (χ1n) is 8.38. The molecular formula is C17H19NO4. The Labute approximate surface area is 129 Å². The molecule has 0 unspecified atom stereocenters. The number of rotatable bonds is 0. The Bertz CT molecular complexity index is 765. The lowest BCUT2D eigenvalue weighted by Gasteiger charge is -2.61. The molecule has 2 aliphatic heterocycles. The molecule has 1 aromatic rings. The van der Waals surface area contributed by atoms with Gasteiger partial charge < -0.3 is 19.8 Å². The number of piperidine rings is 1. The Morgan fingerprint density at radius 1 is 1.50 bits per heavy atom. The van der Waals surface area contributed by atoms with Crippen LogP contribution in [0.3, 0.4) is 0 Å². The van der Waals surface area contributed by atoms with Gasteiger partial charge >= 0.3 is 0 Å². The lowest BCUT2D eigenvalue weighted by atomic mass is 9.49. The number of phenols is 1. The predicted octanol–water partition coefficient (Wildman–Crippen LogP) is 0.745. The van der Waals surface area contributed by atoms with Crippen LogP contribution < -0.4 is 4.74 Å². The molecule has 2 bridgehead atoms. The van der Waals surface area contributed by atoms with Crippen LogP contribution in [0.2, 0.25) is 0 Å². The quantitative estimate of drug-likeness (QED) is 0.740. The molecule has 1 saturated heterocycles. The molecule has 0 aromatic heterocycles. The smallest absolute Gasteiger partial charge is 0.174 e. The van der Waals surface area contributed by atoms with Crippen LogP contribution in [-0.4, -0.2) is 52.2 Å². The second-order valence-corrected chi connectivity index (χ2v) is 7.17. The number of ketones is 1. The fourth-order valence-corrected chi connectivity index (χ4v) is 5.44. The SMILES string of the molecule is [2H]c1cc(O)c2c3c1C[C@H]1N(C)CC[C@@]34[C@@H](O2)C(=O)CC[C@@]14O. The fourth-order valence-electron chi connectivity index (χ4n) is 5.44. The van der Waals surface area contributed by atoms with Gasteiger partial charge in [0.25, 0.3) is 0 Å². The highest BCUT2D eigenvalue weighted by atomic mass is 16.5. The van der Waals surface area contributed by atoms with E-state index in [9.17, 15) is 15.0 Å². The van der Waals surface area contributed by atoms with E-state index in [1.165, 1.54) is 6.07 Å². The largest absolute Gasteiger partial charge is 0.504 e. The molecule has 1 aromatic carbocycles. The number of carbonyl (C=O) groups excluding carboxylic acids is 1. The van der Waals surface area contributed by atoms with Crippen molar-refractivity contribution in [3.63, 3.8) is 0 Å². The molecule has 2 heterocycles. The van der Waals surface area contributed by atoms with E-state index < -0.39 is 17.1 Å². The molecule has 4 aliphatic rings. The van der Waals surface area contributed by atoms with Gasteiger partial charge in [-0.2, -0.15) is 0 Å². The third-order valence-corrected chi connectivity index (χ3v) is 6.43. The number of Topliss-reactive ketones (excluding diaryl/α,β-unsaturated/α-hetero) is 1. The van der Waals surface area contributed by atoms with Gasteiger partial charge in [0.2, 0.25) is 0 Å². The maximum absolute atomic E-state index is 12.6. The Hall–Kier alpha value is -1.59. The number of ether oxygens (including phenoxy) is 1. The van der Waals surface area contributed by atoms with Crippen LogP contribution in [0.15, 0.2) is 12.1 Å². The first-order valence-corrected chi connectivity index (χ1v) is 7.88. The van der Waals surface area contributed by atoms with Gasteiger partial charge in [0.1, 0.15) is 0 Å². The van der Waals surface area contributed by atoms with E-state index in [1.807, 2.05) is 7.05 Å². The summed E-state index contributed by atoms with van der Waals surface area (Å²) in [6, 6.07) is 1.54. The van der Waals surface area contributed by atoms with Crippen LogP contribution >= 0.6 is 0 Å². The number of aliphatic hydroxyl groups is 1. The van der Waals surface area contributed by atoms with E-state index in [0.29, 0.717) is 31.4 Å². The highest BCUT2D eigenvalue weighted by Gasteiger charge is 2.72. The minimum atomic E-state index is -1.04. The van der Waals surface area contributed by atoms with Crippen LogP contribution in [0.5, 0.6) is 11.5 Å². The van der Waals surface area contributed by atoms with Crippen molar-refractivity contribution >= 4 is 5.78 Å². The third kappa shape index (κ3) is 1.13. The second kappa shape index (κ2) is 3.66. The zero-order chi connectivity index (χ0) is 16.1.